The van der Waals surface area contributed by atoms with Crippen LogP contribution in [0.4, 0.5) is 11.4 Å². The van der Waals surface area contributed by atoms with Gasteiger partial charge in [-0.25, -0.2) is 13.1 Å². The number of nitro benzene ring substituents is 1. The molecule has 1 fully saturated rings. The third kappa shape index (κ3) is 4.34. The van der Waals surface area contributed by atoms with Gasteiger partial charge < -0.3 is 5.32 Å². The van der Waals surface area contributed by atoms with Crippen LogP contribution < -0.4 is 10.0 Å². The summed E-state index contributed by atoms with van der Waals surface area (Å²) in [7, 11) is -3.72. The molecule has 2 aromatic rings. The summed E-state index contributed by atoms with van der Waals surface area (Å²) in [5.74, 6) is 0. The number of nitrogens with zero attached hydrogens (tertiary/aromatic N) is 1. The zero-order chi connectivity index (χ0) is 18.0. The van der Waals surface area contributed by atoms with Crippen molar-refractivity contribution in [2.75, 3.05) is 5.32 Å². The van der Waals surface area contributed by atoms with Gasteiger partial charge in [-0.2, -0.15) is 0 Å². The lowest BCUT2D eigenvalue weighted by Crippen LogP contribution is -2.23. The Balaban J connectivity index is 1.67. The Kier molecular flexibility index (Phi) is 4.73. The van der Waals surface area contributed by atoms with Gasteiger partial charge in [0.15, 0.2) is 0 Å². The topological polar surface area (TPSA) is 101 Å². The summed E-state index contributed by atoms with van der Waals surface area (Å²) in [6, 6.07) is 11.2. The van der Waals surface area contributed by atoms with Crippen molar-refractivity contribution < 1.29 is 13.3 Å². The molecule has 0 amide bonds. The van der Waals surface area contributed by atoms with E-state index >= 15 is 0 Å². The van der Waals surface area contributed by atoms with Gasteiger partial charge >= 0.3 is 0 Å². The zero-order valence-corrected chi connectivity index (χ0v) is 14.5. The molecule has 3 rings (SSSR count). The van der Waals surface area contributed by atoms with Gasteiger partial charge in [0.05, 0.1) is 9.82 Å². The van der Waals surface area contributed by atoms with Crippen LogP contribution in [0.2, 0.25) is 0 Å². The molecule has 132 valence electrons. The lowest BCUT2D eigenvalue weighted by atomic mass is 10.1. The Bertz CT molecular complexity index is 891. The van der Waals surface area contributed by atoms with Gasteiger partial charge in [0.2, 0.25) is 10.0 Å². The van der Waals surface area contributed by atoms with Gasteiger partial charge in [0.1, 0.15) is 0 Å². The maximum absolute atomic E-state index is 12.3. The van der Waals surface area contributed by atoms with Crippen molar-refractivity contribution in [3.8, 4) is 0 Å². The summed E-state index contributed by atoms with van der Waals surface area (Å²) in [6.07, 6.45) is 2.38. The van der Waals surface area contributed by atoms with Crippen LogP contribution in [0.1, 0.15) is 24.0 Å². The van der Waals surface area contributed by atoms with E-state index in [2.05, 4.69) is 10.0 Å². The van der Waals surface area contributed by atoms with E-state index in [0.717, 1.165) is 16.8 Å². The van der Waals surface area contributed by atoms with E-state index in [4.69, 9.17) is 0 Å². The summed E-state index contributed by atoms with van der Waals surface area (Å²) < 4.78 is 27.1. The molecular formula is C17H19N3O4S. The maximum Gasteiger partial charge on any atom is 0.269 e. The average Bonchev–Trinajstić information content (AvgIpc) is 3.39. The van der Waals surface area contributed by atoms with Crippen LogP contribution in [-0.4, -0.2) is 19.4 Å². The van der Waals surface area contributed by atoms with Crippen LogP contribution in [-0.2, 0) is 16.6 Å². The van der Waals surface area contributed by atoms with Gasteiger partial charge in [-0.15, -0.1) is 0 Å². The van der Waals surface area contributed by atoms with E-state index in [0.29, 0.717) is 6.04 Å². The smallest absolute Gasteiger partial charge is 0.269 e. The van der Waals surface area contributed by atoms with Crippen LogP contribution in [0.5, 0.6) is 0 Å². The molecule has 7 nitrogen and oxygen atoms in total. The summed E-state index contributed by atoms with van der Waals surface area (Å²) >= 11 is 0. The molecule has 2 N–H and O–H groups in total. The molecule has 0 heterocycles. The molecule has 0 bridgehead atoms. The Morgan fingerprint density at radius 2 is 1.84 bits per heavy atom. The van der Waals surface area contributed by atoms with Crippen molar-refractivity contribution in [2.45, 2.75) is 37.2 Å². The monoisotopic (exact) mass is 361 g/mol. The van der Waals surface area contributed by atoms with Crippen molar-refractivity contribution >= 4 is 21.4 Å². The molecule has 0 saturated heterocycles. The number of benzene rings is 2. The lowest BCUT2D eigenvalue weighted by molar-refractivity contribution is -0.384. The molecule has 2 aromatic carbocycles. The van der Waals surface area contributed by atoms with Gasteiger partial charge in [-0.05, 0) is 49.1 Å². The van der Waals surface area contributed by atoms with Crippen molar-refractivity contribution in [2.24, 2.45) is 0 Å². The zero-order valence-electron chi connectivity index (χ0n) is 13.7. The molecule has 1 aliphatic rings. The number of aryl methyl sites for hydroxylation is 1. The number of nitro groups is 1. The SMILES string of the molecule is Cc1cc(CNS(=O)(=O)c2ccc([N+](=O)[O-])cc2)ccc1NC1CC1. The van der Waals surface area contributed by atoms with E-state index < -0.39 is 14.9 Å². The van der Waals surface area contributed by atoms with Crippen LogP contribution in [0.15, 0.2) is 47.4 Å². The summed E-state index contributed by atoms with van der Waals surface area (Å²) in [5.41, 5.74) is 2.85. The van der Waals surface area contributed by atoms with Crippen LogP contribution >= 0.6 is 0 Å². The number of non-ortho nitro benzene ring substituents is 1. The molecular weight excluding hydrogens is 342 g/mol. The standard InChI is InChI=1S/C17H19N3O4S/c1-12-10-13(2-9-17(12)19-14-3-4-14)11-18-25(23,24)16-7-5-15(6-8-16)20(21)22/h2,5-10,14,18-19H,3-4,11H2,1H3. The molecule has 1 saturated carbocycles. The van der Waals surface area contributed by atoms with Crippen LogP contribution in [0, 0.1) is 17.0 Å². The van der Waals surface area contributed by atoms with Crippen molar-refractivity contribution in [1.29, 1.82) is 0 Å². The molecule has 25 heavy (non-hydrogen) atoms. The van der Waals surface area contributed by atoms with Crippen molar-refractivity contribution in [1.82, 2.24) is 4.72 Å². The van der Waals surface area contributed by atoms with Crippen LogP contribution in [0.3, 0.4) is 0 Å². The summed E-state index contributed by atoms with van der Waals surface area (Å²) in [4.78, 5) is 10.1. The largest absolute Gasteiger partial charge is 0.382 e. The number of nitrogens with one attached hydrogen (secondary N) is 2. The second-order valence-electron chi connectivity index (χ2n) is 6.14. The highest BCUT2D eigenvalue weighted by atomic mass is 32.2. The maximum atomic E-state index is 12.3. The van der Waals surface area contributed by atoms with E-state index in [9.17, 15) is 18.5 Å². The third-order valence-electron chi connectivity index (χ3n) is 4.05. The van der Waals surface area contributed by atoms with Crippen molar-refractivity contribution in [3.05, 3.63) is 63.7 Å². The molecule has 0 spiro atoms. The lowest BCUT2D eigenvalue weighted by Gasteiger charge is -2.11. The molecule has 8 heteroatoms. The molecule has 1 aliphatic carbocycles. The number of rotatable bonds is 7. The number of hydrogen-bond acceptors (Lipinski definition) is 5. The van der Waals surface area contributed by atoms with E-state index in [-0.39, 0.29) is 17.1 Å². The minimum absolute atomic E-state index is 0.00171. The highest BCUT2D eigenvalue weighted by Gasteiger charge is 2.21. The number of anilines is 1. The highest BCUT2D eigenvalue weighted by molar-refractivity contribution is 7.89. The van der Waals surface area contributed by atoms with Gasteiger partial charge in [0.25, 0.3) is 5.69 Å². The third-order valence-corrected chi connectivity index (χ3v) is 5.47. The van der Waals surface area contributed by atoms with Gasteiger partial charge in [0, 0.05) is 30.4 Å². The predicted molar refractivity (Wildman–Crippen MR) is 94.9 cm³/mol. The number of hydrogen-bond donors (Lipinski definition) is 2. The normalized spacial score (nSPS) is 14.3. The summed E-state index contributed by atoms with van der Waals surface area (Å²) in [6.45, 7) is 2.14. The number of sulfonamides is 1. The van der Waals surface area contributed by atoms with Crippen LogP contribution in [0.25, 0.3) is 0 Å². The van der Waals surface area contributed by atoms with Gasteiger partial charge in [-0.1, -0.05) is 12.1 Å². The Hall–Kier alpha value is -2.45. The minimum Gasteiger partial charge on any atom is -0.382 e. The molecule has 0 aliphatic heterocycles. The van der Waals surface area contributed by atoms with E-state index in [1.54, 1.807) is 0 Å². The average molecular weight is 361 g/mol. The fraction of sp³-hybridized carbons (Fsp3) is 0.294. The first-order valence-electron chi connectivity index (χ1n) is 7.95. The fourth-order valence-corrected chi connectivity index (χ4v) is 3.47. The van der Waals surface area contributed by atoms with Crippen molar-refractivity contribution in [3.63, 3.8) is 0 Å². The molecule has 0 radical (unpaired) electrons. The Morgan fingerprint density at radius 3 is 2.40 bits per heavy atom. The first-order chi connectivity index (χ1) is 11.8. The minimum atomic E-state index is -3.72. The van der Waals surface area contributed by atoms with E-state index in [1.807, 2.05) is 25.1 Å². The second kappa shape index (κ2) is 6.81. The molecule has 0 atom stereocenters. The first kappa shape index (κ1) is 17.4. The van der Waals surface area contributed by atoms with E-state index in [1.165, 1.54) is 37.1 Å². The quantitative estimate of drug-likeness (QED) is 0.583. The molecule has 0 unspecified atom stereocenters. The highest BCUT2D eigenvalue weighted by Crippen LogP contribution is 2.27. The fourth-order valence-electron chi connectivity index (χ4n) is 2.45. The Labute approximate surface area is 146 Å². The van der Waals surface area contributed by atoms with Gasteiger partial charge in [-0.3, -0.25) is 10.1 Å². The second-order valence-corrected chi connectivity index (χ2v) is 7.91. The summed E-state index contributed by atoms with van der Waals surface area (Å²) in [5, 5.41) is 14.1. The Morgan fingerprint density at radius 1 is 1.16 bits per heavy atom. The molecule has 0 aromatic heterocycles. The predicted octanol–water partition coefficient (Wildman–Crippen LogP) is 2.96. The first-order valence-corrected chi connectivity index (χ1v) is 9.44.